The van der Waals surface area contributed by atoms with Crippen molar-refractivity contribution in [2.45, 2.75) is 25.9 Å². The number of nitrogens with zero attached hydrogens (tertiary/aromatic N) is 3. The van der Waals surface area contributed by atoms with E-state index < -0.39 is 6.04 Å². The fraction of sp³-hybridized carbons (Fsp3) is 0.600. The van der Waals surface area contributed by atoms with Crippen LogP contribution in [0.25, 0.3) is 0 Å². The number of aromatic nitrogens is 1. The van der Waals surface area contributed by atoms with Crippen molar-refractivity contribution >= 4 is 11.7 Å². The first-order chi connectivity index (χ1) is 10.1. The highest BCUT2D eigenvalue weighted by atomic mass is 16.2. The average Bonchev–Trinajstić information content (AvgIpc) is 2.48. The highest BCUT2D eigenvalue weighted by Gasteiger charge is 2.20. The van der Waals surface area contributed by atoms with Gasteiger partial charge in [0.05, 0.1) is 6.04 Å². The van der Waals surface area contributed by atoms with Gasteiger partial charge in [-0.1, -0.05) is 6.07 Å². The predicted molar refractivity (Wildman–Crippen MR) is 84.1 cm³/mol. The third-order valence-corrected chi connectivity index (χ3v) is 3.68. The minimum absolute atomic E-state index is 0.0883. The Bertz CT molecular complexity index is 443. The van der Waals surface area contributed by atoms with Gasteiger partial charge < -0.3 is 16.0 Å². The smallest absolute Gasteiger partial charge is 0.236 e. The molecule has 1 aromatic heterocycles. The molecule has 2 heterocycles. The zero-order chi connectivity index (χ0) is 15.2. The van der Waals surface area contributed by atoms with E-state index in [2.05, 4.69) is 20.1 Å². The third-order valence-electron chi connectivity index (χ3n) is 3.68. The Balaban J connectivity index is 1.75. The van der Waals surface area contributed by atoms with Crippen LogP contribution in [0, 0.1) is 0 Å². The van der Waals surface area contributed by atoms with E-state index in [1.165, 1.54) is 0 Å². The number of hydrogen-bond acceptors (Lipinski definition) is 5. The van der Waals surface area contributed by atoms with Crippen molar-refractivity contribution in [2.75, 3.05) is 37.6 Å². The summed E-state index contributed by atoms with van der Waals surface area (Å²) in [5.74, 6) is 0.949. The largest absolute Gasteiger partial charge is 0.354 e. The molecule has 1 aliphatic heterocycles. The van der Waals surface area contributed by atoms with Gasteiger partial charge in [0, 0.05) is 45.0 Å². The van der Waals surface area contributed by atoms with Crippen molar-refractivity contribution in [3.05, 3.63) is 24.4 Å². The van der Waals surface area contributed by atoms with E-state index >= 15 is 0 Å². The Morgan fingerprint density at radius 3 is 2.62 bits per heavy atom. The Kier molecular flexibility index (Phi) is 5.52. The Morgan fingerprint density at radius 1 is 1.33 bits per heavy atom. The molecule has 0 spiro atoms. The van der Waals surface area contributed by atoms with Gasteiger partial charge in [-0.15, -0.1) is 0 Å². The molecule has 6 nitrogen and oxygen atoms in total. The van der Waals surface area contributed by atoms with E-state index in [1.54, 1.807) is 6.92 Å². The first kappa shape index (κ1) is 15.7. The van der Waals surface area contributed by atoms with E-state index in [0.717, 1.165) is 38.5 Å². The SMILES string of the molecule is CC(CN1CCN(c2ccccn2)CC1)NC(=O)[C@@H](C)N. The van der Waals surface area contributed by atoms with Gasteiger partial charge in [-0.3, -0.25) is 9.69 Å². The molecule has 116 valence electrons. The van der Waals surface area contributed by atoms with Gasteiger partial charge in [0.2, 0.25) is 5.91 Å². The van der Waals surface area contributed by atoms with Crippen LogP contribution in [0.15, 0.2) is 24.4 Å². The zero-order valence-corrected chi connectivity index (χ0v) is 12.8. The number of anilines is 1. The molecule has 1 aliphatic rings. The summed E-state index contributed by atoms with van der Waals surface area (Å²) in [5.41, 5.74) is 5.56. The Hall–Kier alpha value is -1.66. The van der Waals surface area contributed by atoms with Crippen LogP contribution in [0.3, 0.4) is 0 Å². The number of pyridine rings is 1. The van der Waals surface area contributed by atoms with Gasteiger partial charge in [-0.25, -0.2) is 4.98 Å². The molecule has 0 radical (unpaired) electrons. The Morgan fingerprint density at radius 2 is 2.05 bits per heavy atom. The van der Waals surface area contributed by atoms with Crippen LogP contribution in [-0.4, -0.2) is 60.6 Å². The first-order valence-corrected chi connectivity index (χ1v) is 7.50. The van der Waals surface area contributed by atoms with Crippen molar-refractivity contribution in [3.8, 4) is 0 Å². The summed E-state index contributed by atoms with van der Waals surface area (Å²) < 4.78 is 0. The highest BCUT2D eigenvalue weighted by Crippen LogP contribution is 2.12. The molecule has 6 heteroatoms. The number of amides is 1. The van der Waals surface area contributed by atoms with Gasteiger partial charge in [-0.2, -0.15) is 0 Å². The maximum Gasteiger partial charge on any atom is 0.236 e. The first-order valence-electron chi connectivity index (χ1n) is 7.50. The molecule has 1 fully saturated rings. The maximum absolute atomic E-state index is 11.6. The van der Waals surface area contributed by atoms with Crippen LogP contribution in [-0.2, 0) is 4.79 Å². The number of nitrogens with one attached hydrogen (secondary N) is 1. The van der Waals surface area contributed by atoms with Crippen molar-refractivity contribution in [3.63, 3.8) is 0 Å². The maximum atomic E-state index is 11.6. The van der Waals surface area contributed by atoms with Crippen LogP contribution >= 0.6 is 0 Å². The van der Waals surface area contributed by atoms with Gasteiger partial charge in [-0.05, 0) is 26.0 Å². The standard InChI is InChI=1S/C15H25N5O/c1-12(18-15(21)13(2)16)11-19-7-9-20(10-8-19)14-5-3-4-6-17-14/h3-6,12-13H,7-11,16H2,1-2H3,(H,18,21)/t12?,13-/m1/s1. The second-order valence-corrected chi connectivity index (χ2v) is 5.67. The summed E-state index contributed by atoms with van der Waals surface area (Å²) in [7, 11) is 0. The summed E-state index contributed by atoms with van der Waals surface area (Å²) >= 11 is 0. The van der Waals surface area contributed by atoms with E-state index in [1.807, 2.05) is 31.3 Å². The number of hydrogen-bond donors (Lipinski definition) is 2. The van der Waals surface area contributed by atoms with Crippen LogP contribution in [0.4, 0.5) is 5.82 Å². The zero-order valence-electron chi connectivity index (χ0n) is 12.8. The normalized spacial score (nSPS) is 19.1. The number of piperazine rings is 1. The van der Waals surface area contributed by atoms with Gasteiger partial charge in [0.1, 0.15) is 5.82 Å². The molecule has 3 N–H and O–H groups in total. The summed E-state index contributed by atoms with van der Waals surface area (Å²) in [4.78, 5) is 20.6. The molecule has 2 atom stereocenters. The minimum Gasteiger partial charge on any atom is -0.354 e. The molecule has 0 aromatic carbocycles. The number of carbonyl (C=O) groups is 1. The van der Waals surface area contributed by atoms with E-state index in [9.17, 15) is 4.79 Å². The molecule has 21 heavy (non-hydrogen) atoms. The topological polar surface area (TPSA) is 74.5 Å². The molecule has 0 saturated carbocycles. The molecule has 1 saturated heterocycles. The van der Waals surface area contributed by atoms with Crippen molar-refractivity contribution in [1.29, 1.82) is 0 Å². The van der Waals surface area contributed by atoms with Crippen LogP contribution in [0.2, 0.25) is 0 Å². The van der Waals surface area contributed by atoms with Gasteiger partial charge in [0.15, 0.2) is 0 Å². The summed E-state index contributed by atoms with van der Waals surface area (Å²) in [5, 5.41) is 2.94. The lowest BCUT2D eigenvalue weighted by molar-refractivity contribution is -0.122. The van der Waals surface area contributed by atoms with Crippen LogP contribution in [0.1, 0.15) is 13.8 Å². The highest BCUT2D eigenvalue weighted by molar-refractivity contribution is 5.81. The second-order valence-electron chi connectivity index (χ2n) is 5.67. The molecule has 1 aromatic rings. The summed E-state index contributed by atoms with van der Waals surface area (Å²) in [6, 6.07) is 5.66. The second kappa shape index (κ2) is 7.38. The van der Waals surface area contributed by atoms with Crippen molar-refractivity contribution < 1.29 is 4.79 Å². The number of nitrogens with two attached hydrogens (primary N) is 1. The van der Waals surface area contributed by atoms with E-state index in [0.29, 0.717) is 0 Å². The van der Waals surface area contributed by atoms with E-state index in [-0.39, 0.29) is 11.9 Å². The molecule has 2 rings (SSSR count). The monoisotopic (exact) mass is 291 g/mol. The van der Waals surface area contributed by atoms with Crippen molar-refractivity contribution in [1.82, 2.24) is 15.2 Å². The van der Waals surface area contributed by atoms with Crippen molar-refractivity contribution in [2.24, 2.45) is 5.73 Å². The lowest BCUT2D eigenvalue weighted by Crippen LogP contribution is -2.52. The molecule has 1 amide bonds. The molecule has 0 aliphatic carbocycles. The minimum atomic E-state index is -0.451. The fourth-order valence-corrected chi connectivity index (χ4v) is 2.51. The lowest BCUT2D eigenvalue weighted by atomic mass is 10.2. The van der Waals surface area contributed by atoms with Crippen LogP contribution in [0.5, 0.6) is 0 Å². The Labute approximate surface area is 126 Å². The predicted octanol–water partition coefficient (Wildman–Crippen LogP) is 0.0555. The summed E-state index contributed by atoms with van der Waals surface area (Å²) in [6.07, 6.45) is 1.83. The number of rotatable bonds is 5. The van der Waals surface area contributed by atoms with Gasteiger partial charge in [0.25, 0.3) is 0 Å². The van der Waals surface area contributed by atoms with Gasteiger partial charge >= 0.3 is 0 Å². The molecule has 0 bridgehead atoms. The molecular formula is C15H25N5O. The molecular weight excluding hydrogens is 266 g/mol. The fourth-order valence-electron chi connectivity index (χ4n) is 2.51. The summed E-state index contributed by atoms with van der Waals surface area (Å²) in [6.45, 7) is 8.47. The third kappa shape index (κ3) is 4.68. The average molecular weight is 291 g/mol. The quantitative estimate of drug-likeness (QED) is 0.802. The van der Waals surface area contributed by atoms with Crippen LogP contribution < -0.4 is 16.0 Å². The lowest BCUT2D eigenvalue weighted by Gasteiger charge is -2.36. The number of carbonyl (C=O) groups excluding carboxylic acids is 1. The van der Waals surface area contributed by atoms with E-state index in [4.69, 9.17) is 5.73 Å². The molecule has 1 unspecified atom stereocenters.